The lowest BCUT2D eigenvalue weighted by Gasteiger charge is -2.21. The van der Waals surface area contributed by atoms with Crippen LogP contribution in [0.5, 0.6) is 11.5 Å². The van der Waals surface area contributed by atoms with Crippen molar-refractivity contribution in [2.45, 2.75) is 33.2 Å². The zero-order chi connectivity index (χ0) is 20.1. The van der Waals surface area contributed by atoms with E-state index in [4.69, 9.17) is 4.74 Å². The molecule has 0 fully saturated rings. The van der Waals surface area contributed by atoms with Crippen LogP contribution in [-0.2, 0) is 0 Å². The molecule has 0 spiro atoms. The van der Waals surface area contributed by atoms with Crippen molar-refractivity contribution >= 4 is 17.5 Å². The van der Waals surface area contributed by atoms with Gasteiger partial charge in [-0.3, -0.25) is 4.79 Å². The topological polar surface area (TPSA) is 76.1 Å². The molecule has 0 radical (unpaired) electrons. The third kappa shape index (κ3) is 5.30. The van der Waals surface area contributed by atoms with E-state index in [-0.39, 0.29) is 17.1 Å². The zero-order valence-electron chi connectivity index (χ0n) is 16.5. The Bertz CT molecular complexity index is 966. The Morgan fingerprint density at radius 3 is 2.36 bits per heavy atom. The maximum atomic E-state index is 12.8. The van der Waals surface area contributed by atoms with Gasteiger partial charge in [0.25, 0.3) is 5.91 Å². The average molecular weight is 376 g/mol. The number of hydrogen-bond acceptors (Lipinski definition) is 5. The first kappa shape index (κ1) is 19.4. The van der Waals surface area contributed by atoms with E-state index in [1.807, 2.05) is 70.2 Å². The van der Waals surface area contributed by atoms with E-state index in [1.54, 1.807) is 18.2 Å². The number of amides is 1. The smallest absolute Gasteiger partial charge is 0.274 e. The number of anilines is 2. The third-order valence-corrected chi connectivity index (χ3v) is 3.68. The van der Waals surface area contributed by atoms with Crippen molar-refractivity contribution in [1.82, 2.24) is 9.97 Å². The first-order valence-corrected chi connectivity index (χ1v) is 9.07. The fourth-order valence-corrected chi connectivity index (χ4v) is 2.54. The Morgan fingerprint density at radius 2 is 1.64 bits per heavy atom. The predicted molar refractivity (Wildman–Crippen MR) is 111 cm³/mol. The van der Waals surface area contributed by atoms with Crippen LogP contribution in [0.3, 0.4) is 0 Å². The number of nitrogens with zero attached hydrogens (tertiary/aromatic N) is 2. The number of carbonyl (C=O) groups excluding carboxylic acids is 1. The molecule has 6 heteroatoms. The zero-order valence-corrected chi connectivity index (χ0v) is 16.5. The van der Waals surface area contributed by atoms with Gasteiger partial charge in [0, 0.05) is 11.2 Å². The summed E-state index contributed by atoms with van der Waals surface area (Å²) < 4.78 is 5.90. The minimum atomic E-state index is -0.327. The molecule has 0 aliphatic heterocycles. The number of aromatic nitrogens is 2. The van der Waals surface area contributed by atoms with Gasteiger partial charge in [0.05, 0.1) is 5.69 Å². The van der Waals surface area contributed by atoms with Gasteiger partial charge >= 0.3 is 0 Å². The Balaban J connectivity index is 1.82. The minimum absolute atomic E-state index is 0.211. The molecule has 28 heavy (non-hydrogen) atoms. The van der Waals surface area contributed by atoms with Crippen molar-refractivity contribution in [3.05, 3.63) is 72.1 Å². The number of benzene rings is 2. The number of rotatable bonds is 5. The van der Waals surface area contributed by atoms with Gasteiger partial charge in [-0.2, -0.15) is 0 Å². The van der Waals surface area contributed by atoms with E-state index in [0.29, 0.717) is 28.8 Å². The van der Waals surface area contributed by atoms with E-state index in [0.717, 1.165) is 0 Å². The highest BCUT2D eigenvalue weighted by Crippen LogP contribution is 2.29. The van der Waals surface area contributed by atoms with Gasteiger partial charge in [-0.25, -0.2) is 9.97 Å². The Kier molecular flexibility index (Phi) is 5.59. The maximum Gasteiger partial charge on any atom is 0.274 e. The molecule has 0 aliphatic rings. The van der Waals surface area contributed by atoms with Gasteiger partial charge in [-0.05, 0) is 58.0 Å². The summed E-state index contributed by atoms with van der Waals surface area (Å²) in [5.41, 5.74) is 1.35. The molecule has 0 saturated carbocycles. The van der Waals surface area contributed by atoms with E-state index in [1.165, 1.54) is 0 Å². The molecule has 0 bridgehead atoms. The molecule has 3 aromatic rings. The van der Waals surface area contributed by atoms with E-state index in [9.17, 15) is 4.79 Å². The van der Waals surface area contributed by atoms with Gasteiger partial charge in [0.1, 0.15) is 11.4 Å². The van der Waals surface area contributed by atoms with Gasteiger partial charge < -0.3 is 15.4 Å². The molecule has 1 aromatic heterocycles. The van der Waals surface area contributed by atoms with Crippen LogP contribution in [0.4, 0.5) is 11.6 Å². The van der Waals surface area contributed by atoms with Crippen molar-refractivity contribution in [3.63, 3.8) is 0 Å². The van der Waals surface area contributed by atoms with Gasteiger partial charge in [-0.15, -0.1) is 0 Å². The first-order valence-electron chi connectivity index (χ1n) is 9.07. The van der Waals surface area contributed by atoms with E-state index >= 15 is 0 Å². The number of aryl methyl sites for hydroxylation is 1. The fourth-order valence-electron chi connectivity index (χ4n) is 2.54. The molecule has 144 valence electrons. The summed E-state index contributed by atoms with van der Waals surface area (Å²) in [5, 5.41) is 6.08. The van der Waals surface area contributed by atoms with Crippen molar-refractivity contribution in [3.8, 4) is 11.5 Å². The maximum absolute atomic E-state index is 12.8. The Labute approximate surface area is 165 Å². The highest BCUT2D eigenvalue weighted by Gasteiger charge is 2.16. The molecule has 2 N–H and O–H groups in total. The highest BCUT2D eigenvalue weighted by atomic mass is 16.5. The summed E-state index contributed by atoms with van der Waals surface area (Å²) in [4.78, 5) is 21.5. The Hall–Kier alpha value is -3.41. The molecular weight excluding hydrogens is 352 g/mol. The molecule has 0 saturated heterocycles. The average Bonchev–Trinajstić information content (AvgIpc) is 2.62. The second-order valence-electron chi connectivity index (χ2n) is 7.46. The number of para-hydroxylation sites is 3. The quantitative estimate of drug-likeness (QED) is 0.652. The lowest BCUT2D eigenvalue weighted by atomic mass is 10.1. The van der Waals surface area contributed by atoms with Crippen LogP contribution in [0.25, 0.3) is 0 Å². The van der Waals surface area contributed by atoms with Crippen LogP contribution in [0.15, 0.2) is 60.7 Å². The van der Waals surface area contributed by atoms with Crippen LogP contribution in [0.2, 0.25) is 0 Å². The number of hydrogen-bond donors (Lipinski definition) is 2. The minimum Gasteiger partial charge on any atom is -0.455 e. The SMILES string of the molecule is Cc1cc(C(=O)Nc2ccccc2Oc2ccccc2)nc(NC(C)(C)C)n1. The predicted octanol–water partition coefficient (Wildman–Crippen LogP) is 5.04. The second kappa shape index (κ2) is 8.08. The molecule has 1 heterocycles. The normalized spacial score (nSPS) is 11.0. The lowest BCUT2D eigenvalue weighted by Crippen LogP contribution is -2.28. The van der Waals surface area contributed by atoms with E-state index < -0.39 is 0 Å². The summed E-state index contributed by atoms with van der Waals surface area (Å²) in [6, 6.07) is 18.4. The molecule has 1 amide bonds. The van der Waals surface area contributed by atoms with Crippen LogP contribution in [0, 0.1) is 6.92 Å². The molecule has 0 atom stereocenters. The summed E-state index contributed by atoms with van der Waals surface area (Å²) in [7, 11) is 0. The first-order chi connectivity index (χ1) is 13.3. The molecule has 0 aliphatic carbocycles. The van der Waals surface area contributed by atoms with Crippen molar-refractivity contribution in [2.24, 2.45) is 0 Å². The fraction of sp³-hybridized carbons (Fsp3) is 0.227. The van der Waals surface area contributed by atoms with Crippen LogP contribution in [0.1, 0.15) is 37.0 Å². The lowest BCUT2D eigenvalue weighted by molar-refractivity contribution is 0.102. The van der Waals surface area contributed by atoms with Gasteiger partial charge in [0.15, 0.2) is 5.75 Å². The van der Waals surface area contributed by atoms with Gasteiger partial charge in [0.2, 0.25) is 5.95 Å². The number of carbonyl (C=O) groups is 1. The Morgan fingerprint density at radius 1 is 0.964 bits per heavy atom. The molecular formula is C22H24N4O2. The summed E-state index contributed by atoms with van der Waals surface area (Å²) in [5.74, 6) is 1.35. The molecule has 2 aromatic carbocycles. The molecule has 3 rings (SSSR count). The van der Waals surface area contributed by atoms with E-state index in [2.05, 4.69) is 20.6 Å². The van der Waals surface area contributed by atoms with Crippen molar-refractivity contribution < 1.29 is 9.53 Å². The van der Waals surface area contributed by atoms with Crippen molar-refractivity contribution in [2.75, 3.05) is 10.6 Å². The van der Waals surface area contributed by atoms with Gasteiger partial charge in [-0.1, -0.05) is 30.3 Å². The standard InChI is InChI=1S/C22H24N4O2/c1-15-14-18(25-21(23-15)26-22(2,3)4)20(27)24-17-12-8-9-13-19(17)28-16-10-6-5-7-11-16/h5-14H,1-4H3,(H,24,27)(H,23,25,26). The highest BCUT2D eigenvalue weighted by molar-refractivity contribution is 6.03. The third-order valence-electron chi connectivity index (χ3n) is 3.68. The van der Waals surface area contributed by atoms with Crippen LogP contribution < -0.4 is 15.4 Å². The summed E-state index contributed by atoms with van der Waals surface area (Å²) >= 11 is 0. The summed E-state index contributed by atoms with van der Waals surface area (Å²) in [6.45, 7) is 7.86. The second-order valence-corrected chi connectivity index (χ2v) is 7.46. The van der Waals surface area contributed by atoms with Crippen molar-refractivity contribution in [1.29, 1.82) is 0 Å². The molecule has 0 unspecified atom stereocenters. The number of nitrogens with one attached hydrogen (secondary N) is 2. The number of ether oxygens (including phenoxy) is 1. The van der Waals surface area contributed by atoms with Crippen LogP contribution in [-0.4, -0.2) is 21.4 Å². The summed E-state index contributed by atoms with van der Waals surface area (Å²) in [6.07, 6.45) is 0. The van der Waals surface area contributed by atoms with Crippen LogP contribution >= 0.6 is 0 Å². The largest absolute Gasteiger partial charge is 0.455 e. The monoisotopic (exact) mass is 376 g/mol. The molecule has 6 nitrogen and oxygen atoms in total.